The van der Waals surface area contributed by atoms with E-state index < -0.39 is 0 Å². The number of rotatable bonds is 2. The van der Waals surface area contributed by atoms with Crippen molar-refractivity contribution < 1.29 is 9.59 Å². The fourth-order valence-electron chi connectivity index (χ4n) is 5.00. The molecule has 2 amide bonds. The van der Waals surface area contributed by atoms with Crippen LogP contribution in [0.3, 0.4) is 0 Å². The van der Waals surface area contributed by atoms with Gasteiger partial charge in [0.15, 0.2) is 0 Å². The van der Waals surface area contributed by atoms with E-state index in [0.717, 1.165) is 11.1 Å². The van der Waals surface area contributed by atoms with Crippen LogP contribution in [-0.4, -0.2) is 11.8 Å². The summed E-state index contributed by atoms with van der Waals surface area (Å²) in [5, 5.41) is 0.730. The molecule has 5 heteroatoms. The lowest BCUT2D eigenvalue weighted by Crippen LogP contribution is -2.33. The molecule has 0 aromatic heterocycles. The van der Waals surface area contributed by atoms with Crippen LogP contribution in [0.2, 0.25) is 10.0 Å². The van der Waals surface area contributed by atoms with E-state index in [1.807, 2.05) is 18.2 Å². The summed E-state index contributed by atoms with van der Waals surface area (Å²) in [5.41, 5.74) is 3.99. The molecular formula is C23H17Cl2NO2. The van der Waals surface area contributed by atoms with Crippen molar-refractivity contribution in [1.82, 2.24) is 0 Å². The Labute approximate surface area is 173 Å². The first-order valence-corrected chi connectivity index (χ1v) is 10.0. The number of hydrogen-bond acceptors (Lipinski definition) is 2. The topological polar surface area (TPSA) is 37.4 Å². The van der Waals surface area contributed by atoms with E-state index in [-0.39, 0.29) is 35.5 Å². The predicted octanol–water partition coefficient (Wildman–Crippen LogP) is 5.39. The summed E-state index contributed by atoms with van der Waals surface area (Å²) >= 11 is 12.1. The first-order chi connectivity index (χ1) is 13.5. The minimum atomic E-state index is -0.342. The number of hydrogen-bond donors (Lipinski definition) is 0. The number of carbonyl (C=O) groups excluding carboxylic acids is 2. The van der Waals surface area contributed by atoms with E-state index in [4.69, 9.17) is 23.2 Å². The summed E-state index contributed by atoms with van der Waals surface area (Å²) in [4.78, 5) is 27.8. The van der Waals surface area contributed by atoms with E-state index in [2.05, 4.69) is 31.2 Å². The molecule has 3 aliphatic rings. The van der Waals surface area contributed by atoms with Crippen molar-refractivity contribution in [1.29, 1.82) is 0 Å². The van der Waals surface area contributed by atoms with Gasteiger partial charge >= 0.3 is 0 Å². The molecule has 2 aromatic rings. The van der Waals surface area contributed by atoms with Crippen molar-refractivity contribution >= 4 is 46.3 Å². The lowest BCUT2D eigenvalue weighted by molar-refractivity contribution is -0.122. The van der Waals surface area contributed by atoms with Crippen molar-refractivity contribution in [3.8, 4) is 0 Å². The molecule has 0 spiro atoms. The monoisotopic (exact) mass is 409 g/mol. The Bertz CT molecular complexity index is 1040. The van der Waals surface area contributed by atoms with Gasteiger partial charge in [0.1, 0.15) is 0 Å². The smallest absolute Gasteiger partial charge is 0.238 e. The normalized spacial score (nSPS) is 29.6. The zero-order valence-corrected chi connectivity index (χ0v) is 16.6. The van der Waals surface area contributed by atoms with Crippen LogP contribution in [-0.2, 0) is 9.59 Å². The lowest BCUT2D eigenvalue weighted by Gasteiger charge is -2.20. The van der Waals surface area contributed by atoms with Crippen molar-refractivity contribution in [2.45, 2.75) is 6.92 Å². The molecule has 2 fully saturated rings. The highest BCUT2D eigenvalue weighted by atomic mass is 35.5. The number of fused-ring (bicyclic) bond motifs is 5. The highest BCUT2D eigenvalue weighted by Gasteiger charge is 2.62. The zero-order valence-electron chi connectivity index (χ0n) is 15.1. The maximum Gasteiger partial charge on any atom is 0.238 e. The van der Waals surface area contributed by atoms with Gasteiger partial charge in [-0.1, -0.05) is 71.3 Å². The maximum absolute atomic E-state index is 13.3. The van der Waals surface area contributed by atoms with Crippen LogP contribution < -0.4 is 4.90 Å². The van der Waals surface area contributed by atoms with E-state index in [0.29, 0.717) is 15.7 Å². The van der Waals surface area contributed by atoms with E-state index in [1.165, 1.54) is 10.5 Å². The van der Waals surface area contributed by atoms with Gasteiger partial charge in [0, 0.05) is 11.8 Å². The summed E-state index contributed by atoms with van der Waals surface area (Å²) in [6, 6.07) is 15.0. The fourth-order valence-corrected chi connectivity index (χ4v) is 5.29. The van der Waals surface area contributed by atoms with Crippen molar-refractivity contribution in [3.63, 3.8) is 0 Å². The molecule has 1 aliphatic heterocycles. The number of halogens is 2. The quantitative estimate of drug-likeness (QED) is 0.492. The Morgan fingerprint density at radius 2 is 1.46 bits per heavy atom. The average molecular weight is 410 g/mol. The SMILES string of the molecule is CC(=C1[C@H]2C=C[C@H]1[C@H]1C(=O)N(c3ccc(Cl)c(Cl)c3)C(=O)[C@H]12)c1ccccc1. The molecule has 3 nitrogen and oxygen atoms in total. The van der Waals surface area contributed by atoms with Gasteiger partial charge in [-0.2, -0.15) is 0 Å². The predicted molar refractivity (Wildman–Crippen MR) is 111 cm³/mol. The molecule has 5 rings (SSSR count). The summed E-state index contributed by atoms with van der Waals surface area (Å²) in [6.07, 6.45) is 4.19. The number of allylic oxidation sites excluding steroid dienone is 4. The molecule has 1 heterocycles. The zero-order chi connectivity index (χ0) is 19.6. The highest BCUT2D eigenvalue weighted by molar-refractivity contribution is 6.42. The van der Waals surface area contributed by atoms with Crippen LogP contribution in [0.25, 0.3) is 5.57 Å². The van der Waals surface area contributed by atoms with Gasteiger partial charge in [-0.15, -0.1) is 0 Å². The van der Waals surface area contributed by atoms with Crippen LogP contribution in [0, 0.1) is 23.7 Å². The molecule has 0 radical (unpaired) electrons. The number of carbonyl (C=O) groups is 2. The standard InChI is InChI=1S/C23H17Cl2NO2/c1-12(13-5-3-2-4-6-13)19-15-8-9-16(19)21-20(15)22(27)26(23(21)28)14-7-10-17(24)18(25)11-14/h2-11,15-16,20-21H,1H3/t15-,16-,20-,21+/m1/s1. The van der Waals surface area contributed by atoms with Gasteiger partial charge in [-0.05, 0) is 36.3 Å². The Morgan fingerprint density at radius 1 is 0.857 bits per heavy atom. The van der Waals surface area contributed by atoms with Gasteiger partial charge in [0.05, 0.1) is 27.6 Å². The minimum Gasteiger partial charge on any atom is -0.274 e. The molecule has 0 unspecified atom stereocenters. The second-order valence-electron chi connectivity index (χ2n) is 7.54. The van der Waals surface area contributed by atoms with E-state index in [9.17, 15) is 9.59 Å². The summed E-state index contributed by atoms with van der Waals surface area (Å²) < 4.78 is 0. The van der Waals surface area contributed by atoms with Gasteiger partial charge in [0.25, 0.3) is 0 Å². The molecule has 1 saturated heterocycles. The summed E-state index contributed by atoms with van der Waals surface area (Å²) in [6.45, 7) is 2.09. The van der Waals surface area contributed by atoms with Gasteiger partial charge in [-0.3, -0.25) is 9.59 Å². The third kappa shape index (κ3) is 2.36. The molecule has 2 bridgehead atoms. The van der Waals surface area contributed by atoms with Crippen LogP contribution >= 0.6 is 23.2 Å². The first-order valence-electron chi connectivity index (χ1n) is 9.26. The number of benzene rings is 2. The summed E-state index contributed by atoms with van der Waals surface area (Å²) in [7, 11) is 0. The highest BCUT2D eigenvalue weighted by Crippen LogP contribution is 2.58. The average Bonchev–Trinajstić information content (AvgIpc) is 3.34. The lowest BCUT2D eigenvalue weighted by atomic mass is 9.85. The van der Waals surface area contributed by atoms with Gasteiger partial charge in [0.2, 0.25) is 11.8 Å². The van der Waals surface area contributed by atoms with Crippen molar-refractivity contribution in [3.05, 3.63) is 81.9 Å². The van der Waals surface area contributed by atoms with E-state index in [1.54, 1.807) is 18.2 Å². The van der Waals surface area contributed by atoms with E-state index >= 15 is 0 Å². The molecule has 0 N–H and O–H groups in total. The van der Waals surface area contributed by atoms with Crippen LogP contribution in [0.4, 0.5) is 5.69 Å². The fraction of sp³-hybridized carbons (Fsp3) is 0.217. The number of nitrogens with zero attached hydrogens (tertiary/aromatic N) is 1. The maximum atomic E-state index is 13.3. The molecule has 2 aliphatic carbocycles. The van der Waals surface area contributed by atoms with Crippen molar-refractivity contribution in [2.24, 2.45) is 23.7 Å². The van der Waals surface area contributed by atoms with Gasteiger partial charge in [-0.25, -0.2) is 4.90 Å². The molecular weight excluding hydrogens is 393 g/mol. The Balaban J connectivity index is 1.55. The Morgan fingerprint density at radius 3 is 2.04 bits per heavy atom. The Hall–Kier alpha value is -2.36. The largest absolute Gasteiger partial charge is 0.274 e. The molecule has 28 heavy (non-hydrogen) atoms. The first kappa shape index (κ1) is 17.7. The number of amides is 2. The van der Waals surface area contributed by atoms with Crippen LogP contribution in [0.1, 0.15) is 12.5 Å². The second-order valence-corrected chi connectivity index (χ2v) is 8.36. The van der Waals surface area contributed by atoms with Gasteiger partial charge < -0.3 is 0 Å². The molecule has 1 saturated carbocycles. The molecule has 2 aromatic carbocycles. The molecule has 140 valence electrons. The Kier molecular flexibility index (Phi) is 4.01. The van der Waals surface area contributed by atoms with Crippen molar-refractivity contribution in [2.75, 3.05) is 4.90 Å². The number of anilines is 1. The van der Waals surface area contributed by atoms with Crippen LogP contribution in [0.15, 0.2) is 66.3 Å². The second kappa shape index (κ2) is 6.33. The molecule has 4 atom stereocenters. The minimum absolute atomic E-state index is 0.0283. The third-order valence-electron chi connectivity index (χ3n) is 6.22. The summed E-state index contributed by atoms with van der Waals surface area (Å²) in [5.74, 6) is -1.04. The van der Waals surface area contributed by atoms with Crippen LogP contribution in [0.5, 0.6) is 0 Å². The third-order valence-corrected chi connectivity index (χ3v) is 6.96. The number of imide groups is 1.